The van der Waals surface area contributed by atoms with E-state index in [1.165, 1.54) is 24.8 Å². The Bertz CT molecular complexity index is 375. The zero-order chi connectivity index (χ0) is 13.9. The van der Waals surface area contributed by atoms with Crippen molar-refractivity contribution >= 4 is 29.9 Å². The van der Waals surface area contributed by atoms with Crippen molar-refractivity contribution < 1.29 is 0 Å². The van der Waals surface area contributed by atoms with Gasteiger partial charge in [0.2, 0.25) is 0 Å². The first kappa shape index (κ1) is 19.2. The van der Waals surface area contributed by atoms with E-state index in [2.05, 4.69) is 27.4 Å². The van der Waals surface area contributed by atoms with E-state index in [1.807, 2.05) is 13.1 Å². The first-order chi connectivity index (χ1) is 9.24. The van der Waals surface area contributed by atoms with E-state index >= 15 is 0 Å². The van der Waals surface area contributed by atoms with Gasteiger partial charge in [0.15, 0.2) is 5.96 Å². The highest BCUT2D eigenvalue weighted by Gasteiger charge is 1.99. The molecule has 116 valence electrons. The summed E-state index contributed by atoms with van der Waals surface area (Å²) >= 11 is 0. The highest BCUT2D eigenvalue weighted by molar-refractivity contribution is 14.0. The molecule has 0 unspecified atom stereocenters. The lowest BCUT2D eigenvalue weighted by Gasteiger charge is -2.05. The zero-order valence-corrected chi connectivity index (χ0v) is 14.9. The van der Waals surface area contributed by atoms with E-state index in [4.69, 9.17) is 5.73 Å². The number of H-pyrrole nitrogens is 1. The second kappa shape index (κ2) is 12.0. The van der Waals surface area contributed by atoms with Crippen molar-refractivity contribution in [2.45, 2.75) is 52.4 Å². The van der Waals surface area contributed by atoms with Gasteiger partial charge in [0.25, 0.3) is 0 Å². The number of rotatable bonds is 9. The lowest BCUT2D eigenvalue weighted by Crippen LogP contribution is -2.32. The summed E-state index contributed by atoms with van der Waals surface area (Å²) < 4.78 is 0. The van der Waals surface area contributed by atoms with Crippen LogP contribution in [0.3, 0.4) is 0 Å². The Hall–Kier alpha value is -0.790. The Balaban J connectivity index is 0.00000361. The van der Waals surface area contributed by atoms with E-state index in [1.54, 1.807) is 0 Å². The Labute approximate surface area is 139 Å². The fourth-order valence-corrected chi connectivity index (χ4v) is 1.92. The van der Waals surface area contributed by atoms with E-state index in [-0.39, 0.29) is 24.0 Å². The molecule has 20 heavy (non-hydrogen) atoms. The van der Waals surface area contributed by atoms with Crippen molar-refractivity contribution in [3.63, 3.8) is 0 Å². The van der Waals surface area contributed by atoms with Crippen LogP contribution < -0.4 is 11.1 Å². The van der Waals surface area contributed by atoms with E-state index in [0.717, 1.165) is 38.0 Å². The average Bonchev–Trinajstić information content (AvgIpc) is 2.80. The molecule has 4 N–H and O–H groups in total. The monoisotopic (exact) mass is 393 g/mol. The molecule has 1 aromatic heterocycles. The highest BCUT2D eigenvalue weighted by Crippen LogP contribution is 2.05. The maximum Gasteiger partial charge on any atom is 0.188 e. The third kappa shape index (κ3) is 8.39. The van der Waals surface area contributed by atoms with Crippen LogP contribution in [-0.2, 0) is 6.42 Å². The number of aliphatic imine (C=N–C) groups is 1. The van der Waals surface area contributed by atoms with Gasteiger partial charge < -0.3 is 11.1 Å². The first-order valence-electron chi connectivity index (χ1n) is 7.26. The van der Waals surface area contributed by atoms with Crippen molar-refractivity contribution in [2.75, 3.05) is 13.1 Å². The van der Waals surface area contributed by atoms with E-state index in [0.29, 0.717) is 5.96 Å². The van der Waals surface area contributed by atoms with E-state index < -0.39 is 0 Å². The zero-order valence-electron chi connectivity index (χ0n) is 12.6. The van der Waals surface area contributed by atoms with Crippen LogP contribution in [0.2, 0.25) is 0 Å². The van der Waals surface area contributed by atoms with Crippen LogP contribution in [0.15, 0.2) is 11.2 Å². The maximum absolute atomic E-state index is 5.80. The van der Waals surface area contributed by atoms with Gasteiger partial charge in [0, 0.05) is 18.8 Å². The minimum atomic E-state index is 0. The molecule has 0 saturated heterocycles. The molecule has 5 nitrogen and oxygen atoms in total. The summed E-state index contributed by atoms with van der Waals surface area (Å²) in [5.41, 5.74) is 8.21. The minimum absolute atomic E-state index is 0. The minimum Gasteiger partial charge on any atom is -0.370 e. The van der Waals surface area contributed by atoms with Crippen LogP contribution in [0, 0.1) is 6.92 Å². The third-order valence-corrected chi connectivity index (χ3v) is 3.16. The van der Waals surface area contributed by atoms with Crippen LogP contribution in [0.5, 0.6) is 0 Å². The summed E-state index contributed by atoms with van der Waals surface area (Å²) in [6, 6.07) is 0. The van der Waals surface area contributed by atoms with Crippen LogP contribution in [0.25, 0.3) is 0 Å². The van der Waals surface area contributed by atoms with Crippen molar-refractivity contribution in [1.82, 2.24) is 15.5 Å². The Morgan fingerprint density at radius 1 is 1.35 bits per heavy atom. The number of aryl methyl sites for hydroxylation is 2. The van der Waals surface area contributed by atoms with Gasteiger partial charge in [-0.25, -0.2) is 0 Å². The molecule has 0 atom stereocenters. The first-order valence-corrected chi connectivity index (χ1v) is 7.26. The van der Waals surface area contributed by atoms with Gasteiger partial charge in [0.1, 0.15) is 0 Å². The Kier molecular flexibility index (Phi) is 11.5. The molecule has 6 heteroatoms. The van der Waals surface area contributed by atoms with Gasteiger partial charge in [-0.15, -0.1) is 24.0 Å². The summed E-state index contributed by atoms with van der Waals surface area (Å²) in [5.74, 6) is 0.570. The number of halogens is 1. The molecule has 0 amide bonds. The molecule has 0 spiro atoms. The molecule has 1 heterocycles. The molecule has 0 bridgehead atoms. The van der Waals surface area contributed by atoms with Gasteiger partial charge in [-0.3, -0.25) is 10.1 Å². The van der Waals surface area contributed by atoms with Crippen LogP contribution in [0.4, 0.5) is 0 Å². The molecule has 0 aromatic carbocycles. The molecular formula is C14H28IN5. The van der Waals surface area contributed by atoms with Gasteiger partial charge in [0.05, 0.1) is 6.20 Å². The number of aromatic amines is 1. The maximum atomic E-state index is 5.80. The van der Waals surface area contributed by atoms with Gasteiger partial charge >= 0.3 is 0 Å². The number of aromatic nitrogens is 2. The van der Waals surface area contributed by atoms with Crippen LogP contribution in [0.1, 0.15) is 50.3 Å². The summed E-state index contributed by atoms with van der Waals surface area (Å²) in [6.07, 6.45) is 8.86. The number of unbranched alkanes of at least 4 members (excludes halogenated alkanes) is 3. The van der Waals surface area contributed by atoms with Crippen molar-refractivity contribution in [2.24, 2.45) is 10.7 Å². The number of guanidine groups is 1. The SMILES string of the molecule is CCCCCCNC(N)=NCCCc1cn[nH]c1C.I. The van der Waals surface area contributed by atoms with Crippen LogP contribution in [-0.4, -0.2) is 29.2 Å². The number of hydrogen-bond acceptors (Lipinski definition) is 2. The highest BCUT2D eigenvalue weighted by atomic mass is 127. The Morgan fingerprint density at radius 2 is 2.15 bits per heavy atom. The van der Waals surface area contributed by atoms with Crippen LogP contribution >= 0.6 is 24.0 Å². The molecule has 0 aliphatic rings. The fourth-order valence-electron chi connectivity index (χ4n) is 1.92. The molecule has 0 radical (unpaired) electrons. The number of nitrogens with one attached hydrogen (secondary N) is 2. The fraction of sp³-hybridized carbons (Fsp3) is 0.714. The lowest BCUT2D eigenvalue weighted by atomic mass is 10.1. The predicted molar refractivity (Wildman–Crippen MR) is 95.7 cm³/mol. The molecule has 0 aliphatic heterocycles. The normalized spacial score (nSPS) is 11.2. The predicted octanol–water partition coefficient (Wildman–Crippen LogP) is 2.75. The van der Waals surface area contributed by atoms with Crippen molar-refractivity contribution in [3.8, 4) is 0 Å². The molecule has 1 aromatic rings. The summed E-state index contributed by atoms with van der Waals surface area (Å²) in [7, 11) is 0. The quantitative estimate of drug-likeness (QED) is 0.261. The summed E-state index contributed by atoms with van der Waals surface area (Å²) in [4.78, 5) is 4.32. The van der Waals surface area contributed by atoms with Gasteiger partial charge in [-0.2, -0.15) is 5.10 Å². The smallest absolute Gasteiger partial charge is 0.188 e. The molecule has 1 rings (SSSR count). The summed E-state index contributed by atoms with van der Waals surface area (Å²) in [6.45, 7) is 5.94. The molecule has 0 aliphatic carbocycles. The topological polar surface area (TPSA) is 79.1 Å². The largest absolute Gasteiger partial charge is 0.370 e. The molecular weight excluding hydrogens is 365 g/mol. The lowest BCUT2D eigenvalue weighted by molar-refractivity contribution is 0.652. The Morgan fingerprint density at radius 3 is 2.80 bits per heavy atom. The summed E-state index contributed by atoms with van der Waals surface area (Å²) in [5, 5.41) is 10.1. The third-order valence-electron chi connectivity index (χ3n) is 3.16. The van der Waals surface area contributed by atoms with E-state index in [9.17, 15) is 0 Å². The van der Waals surface area contributed by atoms with Gasteiger partial charge in [-0.05, 0) is 31.7 Å². The van der Waals surface area contributed by atoms with Crippen molar-refractivity contribution in [1.29, 1.82) is 0 Å². The number of hydrogen-bond donors (Lipinski definition) is 3. The van der Waals surface area contributed by atoms with Crippen molar-refractivity contribution in [3.05, 3.63) is 17.5 Å². The van der Waals surface area contributed by atoms with Gasteiger partial charge in [-0.1, -0.05) is 26.2 Å². The average molecular weight is 393 g/mol. The standard InChI is InChI=1S/C14H27N5.HI/c1-3-4-5-6-9-16-14(15)17-10-7-8-13-11-18-19-12(13)2;/h11H,3-10H2,1-2H3,(H,18,19)(H3,15,16,17);1H. The number of nitrogens with zero attached hydrogens (tertiary/aromatic N) is 2. The molecule has 0 fully saturated rings. The molecule has 0 saturated carbocycles. The number of nitrogens with two attached hydrogens (primary N) is 1. The second-order valence-corrected chi connectivity index (χ2v) is 4.88. The second-order valence-electron chi connectivity index (χ2n) is 4.88.